The second kappa shape index (κ2) is 7.08. The van der Waals surface area contributed by atoms with Crippen molar-refractivity contribution in [3.8, 4) is 0 Å². The molecule has 0 fully saturated rings. The first-order chi connectivity index (χ1) is 11.2. The average molecular weight is 330 g/mol. The molecule has 0 bridgehead atoms. The van der Waals surface area contributed by atoms with E-state index in [0.29, 0.717) is 6.54 Å². The monoisotopic (exact) mass is 330 g/mol. The average Bonchev–Trinajstić information content (AvgIpc) is 2.95. The van der Waals surface area contributed by atoms with Crippen LogP contribution in [0.2, 0.25) is 0 Å². The second-order valence-corrected chi connectivity index (χ2v) is 6.29. The number of unbranched alkanes of at least 4 members (excludes halogenated alkanes) is 2. The summed E-state index contributed by atoms with van der Waals surface area (Å²) >= 11 is 4.53. The van der Waals surface area contributed by atoms with Crippen LogP contribution in [0.15, 0.2) is 36.7 Å². The van der Waals surface area contributed by atoms with E-state index >= 15 is 0 Å². The highest BCUT2D eigenvalue weighted by molar-refractivity contribution is 7.80. The molecule has 5 nitrogen and oxygen atoms in total. The minimum Gasteiger partial charge on any atom is -0.326 e. The number of benzene rings is 1. The standard InChI is InChI=1S/C17H22N4OS/c1-2-3-7-10-21-15-14(16(23)19-17(21)22)20(12-18-15)11-13-8-5-4-6-9-13/h4-6,8-9,12,16,23H,2-3,7,10-11H2,1H3,(H,19,22). The van der Waals surface area contributed by atoms with Crippen molar-refractivity contribution < 1.29 is 4.79 Å². The van der Waals surface area contributed by atoms with E-state index in [4.69, 9.17) is 0 Å². The predicted octanol–water partition coefficient (Wildman–Crippen LogP) is 3.58. The third kappa shape index (κ3) is 3.37. The van der Waals surface area contributed by atoms with Crippen LogP contribution < -0.4 is 10.2 Å². The molecule has 6 heteroatoms. The number of amides is 2. The lowest BCUT2D eigenvalue weighted by molar-refractivity contribution is 0.243. The molecular formula is C17H22N4OS. The van der Waals surface area contributed by atoms with Crippen molar-refractivity contribution in [1.82, 2.24) is 14.9 Å². The molecule has 1 unspecified atom stereocenters. The van der Waals surface area contributed by atoms with Crippen molar-refractivity contribution in [3.05, 3.63) is 47.9 Å². The van der Waals surface area contributed by atoms with Crippen molar-refractivity contribution in [3.63, 3.8) is 0 Å². The molecule has 1 aromatic heterocycles. The maximum atomic E-state index is 12.2. The fourth-order valence-electron chi connectivity index (χ4n) is 2.86. The third-order valence-corrected chi connectivity index (χ3v) is 4.43. The first-order valence-corrected chi connectivity index (χ1v) is 8.57. The van der Waals surface area contributed by atoms with Crippen LogP contribution in [0.5, 0.6) is 0 Å². The Hall–Kier alpha value is -1.95. The lowest BCUT2D eigenvalue weighted by Crippen LogP contribution is -2.46. The lowest BCUT2D eigenvalue weighted by Gasteiger charge is -2.30. The Bertz CT molecular complexity index is 670. The zero-order chi connectivity index (χ0) is 16.2. The van der Waals surface area contributed by atoms with Gasteiger partial charge in [-0.25, -0.2) is 9.78 Å². The molecule has 1 N–H and O–H groups in total. The summed E-state index contributed by atoms with van der Waals surface area (Å²) in [6.45, 7) is 3.56. The van der Waals surface area contributed by atoms with Gasteiger partial charge < -0.3 is 9.88 Å². The van der Waals surface area contributed by atoms with E-state index in [9.17, 15) is 4.79 Å². The molecule has 0 saturated heterocycles. The zero-order valence-corrected chi connectivity index (χ0v) is 14.2. The first-order valence-electron chi connectivity index (χ1n) is 8.05. The molecular weight excluding hydrogens is 308 g/mol. The van der Waals surface area contributed by atoms with Gasteiger partial charge in [-0.1, -0.05) is 50.1 Å². The maximum absolute atomic E-state index is 12.2. The van der Waals surface area contributed by atoms with E-state index in [1.807, 2.05) is 18.2 Å². The summed E-state index contributed by atoms with van der Waals surface area (Å²) in [5.74, 6) is 0.737. The van der Waals surface area contributed by atoms with Crippen molar-refractivity contribution in [1.29, 1.82) is 0 Å². The van der Waals surface area contributed by atoms with Gasteiger partial charge in [0.1, 0.15) is 5.37 Å². The van der Waals surface area contributed by atoms with Gasteiger partial charge in [0.25, 0.3) is 0 Å². The summed E-state index contributed by atoms with van der Waals surface area (Å²) < 4.78 is 2.06. The van der Waals surface area contributed by atoms with E-state index < -0.39 is 0 Å². The highest BCUT2D eigenvalue weighted by atomic mass is 32.1. The van der Waals surface area contributed by atoms with E-state index in [2.05, 4.69) is 46.6 Å². The molecule has 0 spiro atoms. The van der Waals surface area contributed by atoms with E-state index in [0.717, 1.165) is 37.3 Å². The van der Waals surface area contributed by atoms with Crippen LogP contribution in [0.1, 0.15) is 42.8 Å². The first kappa shape index (κ1) is 15.9. The van der Waals surface area contributed by atoms with Crippen LogP contribution in [-0.4, -0.2) is 22.1 Å². The molecule has 1 aliphatic heterocycles. The van der Waals surface area contributed by atoms with E-state index in [-0.39, 0.29) is 11.4 Å². The number of urea groups is 1. The topological polar surface area (TPSA) is 50.2 Å². The molecule has 3 rings (SSSR count). The number of carbonyl (C=O) groups is 1. The van der Waals surface area contributed by atoms with Crippen LogP contribution >= 0.6 is 12.6 Å². The Labute approximate surface area is 142 Å². The third-order valence-electron chi connectivity index (χ3n) is 4.06. The quantitative estimate of drug-likeness (QED) is 0.628. The minimum atomic E-state index is -0.328. The Kier molecular flexibility index (Phi) is 4.91. The number of carbonyl (C=O) groups excluding carboxylic acids is 1. The summed E-state index contributed by atoms with van der Waals surface area (Å²) in [6, 6.07) is 10.1. The van der Waals surface area contributed by atoms with Gasteiger partial charge >= 0.3 is 6.03 Å². The minimum absolute atomic E-state index is 0.112. The van der Waals surface area contributed by atoms with Crippen LogP contribution in [0.25, 0.3) is 0 Å². The van der Waals surface area contributed by atoms with Crippen LogP contribution in [-0.2, 0) is 6.54 Å². The number of aromatic nitrogens is 2. The SMILES string of the molecule is CCCCCN1C(=O)NC(S)c2c1ncn2Cc1ccccc1. The van der Waals surface area contributed by atoms with Gasteiger partial charge in [-0.3, -0.25) is 4.90 Å². The van der Waals surface area contributed by atoms with Crippen LogP contribution in [0, 0.1) is 0 Å². The van der Waals surface area contributed by atoms with Crippen molar-refractivity contribution in [2.75, 3.05) is 11.4 Å². The Morgan fingerprint density at radius 3 is 2.78 bits per heavy atom. The molecule has 1 aromatic carbocycles. The van der Waals surface area contributed by atoms with Gasteiger partial charge in [-0.2, -0.15) is 0 Å². The normalized spacial score (nSPS) is 17.0. The zero-order valence-electron chi connectivity index (χ0n) is 13.3. The largest absolute Gasteiger partial charge is 0.326 e. The summed E-state index contributed by atoms with van der Waals surface area (Å²) in [5.41, 5.74) is 2.15. The number of imidazole rings is 1. The fraction of sp³-hybridized carbons (Fsp3) is 0.412. The molecule has 0 radical (unpaired) electrons. The molecule has 23 heavy (non-hydrogen) atoms. The van der Waals surface area contributed by atoms with Crippen molar-refractivity contribution >= 4 is 24.5 Å². The Morgan fingerprint density at radius 2 is 2.04 bits per heavy atom. The van der Waals surface area contributed by atoms with E-state index in [1.165, 1.54) is 5.56 Å². The van der Waals surface area contributed by atoms with Gasteiger partial charge in [-0.15, -0.1) is 12.6 Å². The summed E-state index contributed by atoms with van der Waals surface area (Å²) in [4.78, 5) is 18.5. The van der Waals surface area contributed by atoms with E-state index in [1.54, 1.807) is 11.2 Å². The molecule has 122 valence electrons. The van der Waals surface area contributed by atoms with Crippen molar-refractivity contribution in [2.45, 2.75) is 38.1 Å². The van der Waals surface area contributed by atoms with Gasteiger partial charge in [0.2, 0.25) is 0 Å². The number of anilines is 1. The van der Waals surface area contributed by atoms with Gasteiger partial charge in [0.05, 0.1) is 12.0 Å². The summed E-state index contributed by atoms with van der Waals surface area (Å²) in [5, 5.41) is 2.59. The number of hydrogen-bond donors (Lipinski definition) is 2. The maximum Gasteiger partial charge on any atom is 0.324 e. The number of hydrogen-bond acceptors (Lipinski definition) is 3. The Morgan fingerprint density at radius 1 is 1.26 bits per heavy atom. The summed E-state index contributed by atoms with van der Waals surface area (Å²) in [6.07, 6.45) is 5.01. The van der Waals surface area contributed by atoms with Gasteiger partial charge in [0.15, 0.2) is 5.82 Å². The highest BCUT2D eigenvalue weighted by Gasteiger charge is 2.32. The highest BCUT2D eigenvalue weighted by Crippen LogP contribution is 2.32. The molecule has 0 saturated carbocycles. The number of nitrogens with one attached hydrogen (secondary N) is 1. The smallest absolute Gasteiger partial charge is 0.324 e. The molecule has 1 atom stereocenters. The van der Waals surface area contributed by atoms with Gasteiger partial charge in [0, 0.05) is 13.1 Å². The number of fused-ring (bicyclic) bond motifs is 1. The number of thiol groups is 1. The van der Waals surface area contributed by atoms with Gasteiger partial charge in [-0.05, 0) is 12.0 Å². The lowest BCUT2D eigenvalue weighted by atomic mass is 10.2. The van der Waals surface area contributed by atoms with Crippen LogP contribution in [0.3, 0.4) is 0 Å². The van der Waals surface area contributed by atoms with Crippen molar-refractivity contribution in [2.24, 2.45) is 0 Å². The molecule has 2 amide bonds. The molecule has 2 heterocycles. The molecule has 2 aromatic rings. The molecule has 1 aliphatic rings. The fourth-order valence-corrected chi connectivity index (χ4v) is 3.24. The predicted molar refractivity (Wildman–Crippen MR) is 94.9 cm³/mol. The molecule has 0 aliphatic carbocycles. The Balaban J connectivity index is 1.86. The second-order valence-electron chi connectivity index (χ2n) is 5.78. The number of rotatable bonds is 6. The summed E-state index contributed by atoms with van der Waals surface area (Å²) in [7, 11) is 0. The number of nitrogens with zero attached hydrogens (tertiary/aromatic N) is 3. The van der Waals surface area contributed by atoms with Crippen LogP contribution in [0.4, 0.5) is 10.6 Å².